The van der Waals surface area contributed by atoms with Crippen molar-refractivity contribution in [2.75, 3.05) is 13.1 Å². The van der Waals surface area contributed by atoms with Gasteiger partial charge in [-0.3, -0.25) is 4.99 Å². The van der Waals surface area contributed by atoms with Crippen molar-refractivity contribution < 1.29 is 0 Å². The van der Waals surface area contributed by atoms with Gasteiger partial charge in [0, 0.05) is 18.1 Å². The summed E-state index contributed by atoms with van der Waals surface area (Å²) in [6, 6.07) is 16.4. The van der Waals surface area contributed by atoms with Gasteiger partial charge in [0.2, 0.25) is 0 Å². The van der Waals surface area contributed by atoms with E-state index in [2.05, 4.69) is 46.0 Å². The maximum Gasteiger partial charge on any atom is 0.191 e. The minimum absolute atomic E-state index is 0.0685. The molecule has 5 heteroatoms. The predicted molar refractivity (Wildman–Crippen MR) is 95.7 cm³/mol. The third kappa shape index (κ3) is 3.84. The van der Waals surface area contributed by atoms with E-state index in [0.29, 0.717) is 11.6 Å². The molecule has 0 bridgehead atoms. The Balaban J connectivity index is 1.92. The highest BCUT2D eigenvalue weighted by molar-refractivity contribution is 6.31. The fourth-order valence-corrected chi connectivity index (χ4v) is 3.12. The lowest BCUT2D eigenvalue weighted by atomic mass is 9.94. The van der Waals surface area contributed by atoms with Gasteiger partial charge in [-0.25, -0.2) is 0 Å². The highest BCUT2D eigenvalue weighted by Crippen LogP contribution is 2.27. The van der Waals surface area contributed by atoms with Crippen LogP contribution in [0.25, 0.3) is 0 Å². The maximum absolute atomic E-state index is 6.34. The predicted octanol–water partition coefficient (Wildman–Crippen LogP) is 2.63. The minimum Gasteiger partial charge on any atom is -0.355 e. The average molecular weight is 329 g/mol. The van der Waals surface area contributed by atoms with Crippen LogP contribution in [0.4, 0.5) is 0 Å². The lowest BCUT2D eigenvalue weighted by molar-refractivity contribution is 0.627. The number of halogens is 1. The van der Waals surface area contributed by atoms with E-state index in [4.69, 9.17) is 17.3 Å². The average Bonchev–Trinajstić information content (AvgIpc) is 3.08. The summed E-state index contributed by atoms with van der Waals surface area (Å²) in [5, 5.41) is 7.49. The van der Waals surface area contributed by atoms with Gasteiger partial charge in [-0.1, -0.05) is 54.1 Å². The molecule has 0 aromatic heterocycles. The Hall–Kier alpha value is -2.04. The van der Waals surface area contributed by atoms with Crippen molar-refractivity contribution >= 4 is 17.6 Å². The number of nitrogens with zero attached hydrogens (tertiary/aromatic N) is 1. The standard InChI is InChI=1S/C18H21ClN4/c19-16-8-4-7-14(15(16)12-20)17(23-18-21-9-10-22-18)11-13-5-2-1-3-6-13/h1-8,17H,9-12,20H2,(H2,21,22,23). The molecule has 23 heavy (non-hydrogen) atoms. The van der Waals surface area contributed by atoms with Crippen molar-refractivity contribution in [2.24, 2.45) is 10.7 Å². The molecule has 0 spiro atoms. The first kappa shape index (κ1) is 15.8. The van der Waals surface area contributed by atoms with Crippen LogP contribution in [0.5, 0.6) is 0 Å². The Morgan fingerprint density at radius 1 is 1.17 bits per heavy atom. The number of guanidine groups is 1. The number of hydrogen-bond acceptors (Lipinski definition) is 4. The van der Waals surface area contributed by atoms with E-state index in [0.717, 1.165) is 36.6 Å². The first-order valence-electron chi connectivity index (χ1n) is 7.84. The van der Waals surface area contributed by atoms with Crippen molar-refractivity contribution in [3.05, 3.63) is 70.2 Å². The molecule has 0 aliphatic carbocycles. The molecule has 0 saturated heterocycles. The topological polar surface area (TPSA) is 62.4 Å². The van der Waals surface area contributed by atoms with E-state index in [-0.39, 0.29) is 6.04 Å². The second-order valence-corrected chi connectivity index (χ2v) is 5.96. The van der Waals surface area contributed by atoms with E-state index in [9.17, 15) is 0 Å². The highest BCUT2D eigenvalue weighted by atomic mass is 35.5. The summed E-state index contributed by atoms with van der Waals surface area (Å²) >= 11 is 6.34. The van der Waals surface area contributed by atoms with Crippen LogP contribution in [-0.4, -0.2) is 19.0 Å². The molecule has 1 heterocycles. The number of benzene rings is 2. The number of aliphatic imine (C=N–C) groups is 1. The molecule has 0 fully saturated rings. The summed E-state index contributed by atoms with van der Waals surface area (Å²) < 4.78 is 0. The van der Waals surface area contributed by atoms with Crippen molar-refractivity contribution in [3.8, 4) is 0 Å². The maximum atomic E-state index is 6.34. The van der Waals surface area contributed by atoms with Crippen molar-refractivity contribution in [1.29, 1.82) is 0 Å². The Kier molecular flexibility index (Phi) is 5.16. The summed E-state index contributed by atoms with van der Waals surface area (Å²) in [7, 11) is 0. The van der Waals surface area contributed by atoms with Crippen LogP contribution in [-0.2, 0) is 13.0 Å². The second kappa shape index (κ2) is 7.49. The molecular formula is C18H21ClN4. The molecule has 4 nitrogen and oxygen atoms in total. The van der Waals surface area contributed by atoms with Crippen LogP contribution in [0.1, 0.15) is 22.7 Å². The monoisotopic (exact) mass is 328 g/mol. The van der Waals surface area contributed by atoms with Crippen molar-refractivity contribution in [1.82, 2.24) is 10.6 Å². The zero-order valence-corrected chi connectivity index (χ0v) is 13.7. The van der Waals surface area contributed by atoms with Gasteiger partial charge in [-0.2, -0.15) is 0 Å². The van der Waals surface area contributed by atoms with Gasteiger partial charge >= 0.3 is 0 Å². The normalized spacial score (nSPS) is 15.0. The van der Waals surface area contributed by atoms with Crippen molar-refractivity contribution in [2.45, 2.75) is 19.0 Å². The molecule has 1 aliphatic heterocycles. The Morgan fingerprint density at radius 2 is 2.00 bits per heavy atom. The van der Waals surface area contributed by atoms with Crippen LogP contribution >= 0.6 is 11.6 Å². The highest BCUT2D eigenvalue weighted by Gasteiger charge is 2.19. The van der Waals surface area contributed by atoms with Crippen LogP contribution in [0, 0.1) is 0 Å². The SMILES string of the molecule is NCc1c(Cl)cccc1C(Cc1ccccc1)NC1=NCCN1. The fourth-order valence-electron chi connectivity index (χ4n) is 2.87. The van der Waals surface area contributed by atoms with Crippen LogP contribution in [0.2, 0.25) is 5.02 Å². The molecule has 3 rings (SSSR count). The zero-order valence-electron chi connectivity index (χ0n) is 12.9. The third-order valence-corrected chi connectivity index (χ3v) is 4.36. The van der Waals surface area contributed by atoms with Gasteiger partial charge in [-0.15, -0.1) is 0 Å². The lowest BCUT2D eigenvalue weighted by Gasteiger charge is -2.23. The fraction of sp³-hybridized carbons (Fsp3) is 0.278. The van der Waals surface area contributed by atoms with Crippen molar-refractivity contribution in [3.63, 3.8) is 0 Å². The summed E-state index contributed by atoms with van der Waals surface area (Å²) in [5.41, 5.74) is 9.30. The first-order chi connectivity index (χ1) is 11.3. The summed E-state index contributed by atoms with van der Waals surface area (Å²) in [5.74, 6) is 0.842. The molecular weight excluding hydrogens is 308 g/mol. The molecule has 0 saturated carbocycles. The number of hydrogen-bond donors (Lipinski definition) is 3. The Bertz CT molecular complexity index is 685. The molecule has 2 aromatic rings. The molecule has 120 valence electrons. The molecule has 4 N–H and O–H groups in total. The summed E-state index contributed by atoms with van der Waals surface area (Å²) in [4.78, 5) is 4.45. The smallest absolute Gasteiger partial charge is 0.191 e. The largest absolute Gasteiger partial charge is 0.355 e. The van der Waals surface area contributed by atoms with E-state index in [1.54, 1.807) is 0 Å². The minimum atomic E-state index is 0.0685. The Labute approximate surface area is 141 Å². The number of nitrogens with two attached hydrogens (primary N) is 1. The van der Waals surface area contributed by atoms with E-state index in [1.165, 1.54) is 5.56 Å². The Morgan fingerprint density at radius 3 is 2.70 bits per heavy atom. The quantitative estimate of drug-likeness (QED) is 0.790. The molecule has 1 unspecified atom stereocenters. The van der Waals surface area contributed by atoms with Gasteiger partial charge < -0.3 is 16.4 Å². The summed E-state index contributed by atoms with van der Waals surface area (Å²) in [6.07, 6.45) is 0.842. The molecule has 1 atom stereocenters. The van der Waals surface area contributed by atoms with E-state index in [1.807, 2.05) is 18.2 Å². The number of rotatable bonds is 5. The second-order valence-electron chi connectivity index (χ2n) is 5.56. The lowest BCUT2D eigenvalue weighted by Crippen LogP contribution is -2.38. The van der Waals surface area contributed by atoms with Crippen LogP contribution in [0.3, 0.4) is 0 Å². The van der Waals surface area contributed by atoms with Gasteiger partial charge in [0.05, 0.1) is 12.6 Å². The molecule has 1 aliphatic rings. The molecule has 2 aromatic carbocycles. The summed E-state index contributed by atoms with van der Waals surface area (Å²) in [6.45, 7) is 2.10. The van der Waals surface area contributed by atoms with Gasteiger partial charge in [0.25, 0.3) is 0 Å². The van der Waals surface area contributed by atoms with Crippen LogP contribution in [0.15, 0.2) is 53.5 Å². The van der Waals surface area contributed by atoms with E-state index < -0.39 is 0 Å². The first-order valence-corrected chi connectivity index (χ1v) is 8.22. The van der Waals surface area contributed by atoms with Gasteiger partial charge in [0.1, 0.15) is 0 Å². The van der Waals surface area contributed by atoms with Gasteiger partial charge in [0.15, 0.2) is 5.96 Å². The van der Waals surface area contributed by atoms with Crippen LogP contribution < -0.4 is 16.4 Å². The van der Waals surface area contributed by atoms with E-state index >= 15 is 0 Å². The zero-order chi connectivity index (χ0) is 16.1. The molecule has 0 amide bonds. The third-order valence-electron chi connectivity index (χ3n) is 4.00. The molecule has 0 radical (unpaired) electrons. The van der Waals surface area contributed by atoms with Gasteiger partial charge in [-0.05, 0) is 29.2 Å². The number of nitrogens with one attached hydrogen (secondary N) is 2.